The van der Waals surface area contributed by atoms with Crippen LogP contribution in [0.15, 0.2) is 24.4 Å². The Morgan fingerprint density at radius 1 is 1.11 bits per heavy atom. The second-order valence-electron chi connectivity index (χ2n) is 5.02. The van der Waals surface area contributed by atoms with Crippen LogP contribution in [0.5, 0.6) is 0 Å². The Kier molecular flexibility index (Phi) is 2.92. The summed E-state index contributed by atoms with van der Waals surface area (Å²) in [5.41, 5.74) is 5.08. The van der Waals surface area contributed by atoms with Crippen molar-refractivity contribution in [2.45, 2.75) is 13.8 Å². The summed E-state index contributed by atoms with van der Waals surface area (Å²) in [6, 6.07) is 6.60. The summed E-state index contributed by atoms with van der Waals surface area (Å²) >= 11 is 0. The van der Waals surface area contributed by atoms with Gasteiger partial charge in [-0.15, -0.1) is 0 Å². The fourth-order valence-electron chi connectivity index (χ4n) is 2.57. The van der Waals surface area contributed by atoms with Gasteiger partial charge in [0.2, 0.25) is 0 Å². The SMILES string of the molecule is Cc1cc2nccc(N3CCNCC3)c2cc1C. The van der Waals surface area contributed by atoms with Crippen molar-refractivity contribution in [1.82, 2.24) is 10.3 Å². The summed E-state index contributed by atoms with van der Waals surface area (Å²) in [4.78, 5) is 6.95. The average Bonchev–Trinajstić information content (AvgIpc) is 2.40. The molecule has 1 fully saturated rings. The number of aromatic nitrogens is 1. The molecule has 1 aliphatic rings. The number of hydrogen-bond donors (Lipinski definition) is 1. The number of rotatable bonds is 1. The first-order valence-electron chi connectivity index (χ1n) is 6.57. The molecule has 2 aromatic rings. The van der Waals surface area contributed by atoms with Crippen LogP contribution < -0.4 is 10.2 Å². The Morgan fingerprint density at radius 2 is 1.83 bits per heavy atom. The minimum Gasteiger partial charge on any atom is -0.368 e. The van der Waals surface area contributed by atoms with Crippen LogP contribution in [0, 0.1) is 13.8 Å². The Bertz CT molecular complexity index is 571. The highest BCUT2D eigenvalue weighted by Gasteiger charge is 2.13. The zero-order valence-electron chi connectivity index (χ0n) is 11.0. The Balaban J connectivity index is 2.13. The van der Waals surface area contributed by atoms with Crippen LogP contribution >= 0.6 is 0 Å². The Labute approximate surface area is 108 Å². The Morgan fingerprint density at radius 3 is 2.61 bits per heavy atom. The van der Waals surface area contributed by atoms with Crippen LogP contribution in [0.3, 0.4) is 0 Å². The van der Waals surface area contributed by atoms with Gasteiger partial charge < -0.3 is 10.2 Å². The van der Waals surface area contributed by atoms with E-state index in [0.29, 0.717) is 0 Å². The van der Waals surface area contributed by atoms with Crippen LogP contribution in [-0.2, 0) is 0 Å². The maximum Gasteiger partial charge on any atom is 0.0725 e. The third-order valence-electron chi connectivity index (χ3n) is 3.79. The van der Waals surface area contributed by atoms with Gasteiger partial charge in [-0.25, -0.2) is 0 Å². The standard InChI is InChI=1S/C15H19N3/c1-11-9-13-14(10-12(11)2)17-4-3-15(13)18-7-5-16-6-8-18/h3-4,9-10,16H,5-8H2,1-2H3. The summed E-state index contributed by atoms with van der Waals surface area (Å²) in [6.07, 6.45) is 1.93. The van der Waals surface area contributed by atoms with E-state index in [2.05, 4.69) is 47.2 Å². The molecule has 0 aliphatic carbocycles. The first kappa shape index (κ1) is 11.5. The number of fused-ring (bicyclic) bond motifs is 1. The Hall–Kier alpha value is -1.61. The molecule has 0 bridgehead atoms. The molecule has 0 radical (unpaired) electrons. The number of hydrogen-bond acceptors (Lipinski definition) is 3. The summed E-state index contributed by atoms with van der Waals surface area (Å²) in [6.45, 7) is 8.60. The number of pyridine rings is 1. The highest BCUT2D eigenvalue weighted by Crippen LogP contribution is 2.27. The molecule has 18 heavy (non-hydrogen) atoms. The van der Waals surface area contributed by atoms with Gasteiger partial charge in [-0.3, -0.25) is 4.98 Å². The van der Waals surface area contributed by atoms with Crippen LogP contribution in [0.25, 0.3) is 10.9 Å². The van der Waals surface area contributed by atoms with E-state index in [1.165, 1.54) is 22.2 Å². The highest BCUT2D eigenvalue weighted by atomic mass is 15.2. The van der Waals surface area contributed by atoms with Crippen LogP contribution in [0.1, 0.15) is 11.1 Å². The summed E-state index contributed by atoms with van der Waals surface area (Å²) in [7, 11) is 0. The number of benzene rings is 1. The molecule has 3 nitrogen and oxygen atoms in total. The van der Waals surface area contributed by atoms with E-state index in [1.54, 1.807) is 0 Å². The number of nitrogens with zero attached hydrogens (tertiary/aromatic N) is 2. The lowest BCUT2D eigenvalue weighted by molar-refractivity contribution is 0.590. The van der Waals surface area contributed by atoms with Crippen molar-refractivity contribution >= 4 is 16.6 Å². The van der Waals surface area contributed by atoms with Gasteiger partial charge in [0.25, 0.3) is 0 Å². The molecule has 1 saturated heterocycles. The molecule has 1 aromatic heterocycles. The minimum absolute atomic E-state index is 1.06. The molecule has 1 aromatic carbocycles. The van der Waals surface area contributed by atoms with Gasteiger partial charge in [-0.2, -0.15) is 0 Å². The van der Waals surface area contributed by atoms with Crippen LogP contribution in [0.4, 0.5) is 5.69 Å². The zero-order chi connectivity index (χ0) is 12.5. The lowest BCUT2D eigenvalue weighted by Crippen LogP contribution is -2.43. The van der Waals surface area contributed by atoms with Gasteiger partial charge in [-0.1, -0.05) is 0 Å². The normalized spacial score (nSPS) is 16.2. The fraction of sp³-hybridized carbons (Fsp3) is 0.400. The number of nitrogens with one attached hydrogen (secondary N) is 1. The smallest absolute Gasteiger partial charge is 0.0725 e. The van der Waals surface area contributed by atoms with Gasteiger partial charge in [0.05, 0.1) is 5.52 Å². The van der Waals surface area contributed by atoms with Crippen LogP contribution in [-0.4, -0.2) is 31.2 Å². The molecular weight excluding hydrogens is 222 g/mol. The lowest BCUT2D eigenvalue weighted by atomic mass is 10.0. The van der Waals surface area contributed by atoms with Crippen molar-refractivity contribution in [2.24, 2.45) is 0 Å². The number of piperazine rings is 1. The summed E-state index contributed by atoms with van der Waals surface area (Å²) < 4.78 is 0. The predicted octanol–water partition coefficient (Wildman–Crippen LogP) is 2.26. The molecule has 94 valence electrons. The molecule has 1 N–H and O–H groups in total. The molecule has 0 spiro atoms. The molecular formula is C15H19N3. The molecule has 2 heterocycles. The average molecular weight is 241 g/mol. The third-order valence-corrected chi connectivity index (χ3v) is 3.79. The van der Waals surface area contributed by atoms with E-state index in [1.807, 2.05) is 6.20 Å². The maximum atomic E-state index is 4.50. The van der Waals surface area contributed by atoms with Gasteiger partial charge >= 0.3 is 0 Å². The van der Waals surface area contributed by atoms with Gasteiger partial charge in [-0.05, 0) is 43.2 Å². The highest BCUT2D eigenvalue weighted by molar-refractivity contribution is 5.92. The first-order valence-corrected chi connectivity index (χ1v) is 6.57. The predicted molar refractivity (Wildman–Crippen MR) is 76.3 cm³/mol. The maximum absolute atomic E-state index is 4.50. The van der Waals surface area contributed by atoms with Crippen molar-refractivity contribution in [1.29, 1.82) is 0 Å². The molecule has 3 heteroatoms. The van der Waals surface area contributed by atoms with E-state index in [-0.39, 0.29) is 0 Å². The van der Waals surface area contributed by atoms with Crippen molar-refractivity contribution in [3.05, 3.63) is 35.5 Å². The van der Waals surface area contributed by atoms with Crippen molar-refractivity contribution in [2.75, 3.05) is 31.1 Å². The molecule has 0 saturated carbocycles. The van der Waals surface area contributed by atoms with E-state index >= 15 is 0 Å². The molecule has 1 aliphatic heterocycles. The van der Waals surface area contributed by atoms with Gasteiger partial charge in [0.1, 0.15) is 0 Å². The second-order valence-corrected chi connectivity index (χ2v) is 5.02. The second kappa shape index (κ2) is 4.58. The van der Waals surface area contributed by atoms with E-state index in [4.69, 9.17) is 0 Å². The monoisotopic (exact) mass is 241 g/mol. The minimum atomic E-state index is 1.06. The molecule has 3 rings (SSSR count). The topological polar surface area (TPSA) is 28.2 Å². The fourth-order valence-corrected chi connectivity index (χ4v) is 2.57. The van der Waals surface area contributed by atoms with Crippen molar-refractivity contribution < 1.29 is 0 Å². The zero-order valence-corrected chi connectivity index (χ0v) is 11.0. The van der Waals surface area contributed by atoms with Crippen molar-refractivity contribution in [3.8, 4) is 0 Å². The van der Waals surface area contributed by atoms with Gasteiger partial charge in [0.15, 0.2) is 0 Å². The van der Waals surface area contributed by atoms with E-state index in [9.17, 15) is 0 Å². The summed E-state index contributed by atoms with van der Waals surface area (Å²) in [5.74, 6) is 0. The molecule has 0 amide bonds. The first-order chi connectivity index (χ1) is 8.75. The molecule has 0 unspecified atom stereocenters. The van der Waals surface area contributed by atoms with E-state index < -0.39 is 0 Å². The van der Waals surface area contributed by atoms with Crippen LogP contribution in [0.2, 0.25) is 0 Å². The van der Waals surface area contributed by atoms with Gasteiger partial charge in [0, 0.05) is 43.4 Å². The molecule has 0 atom stereocenters. The summed E-state index contributed by atoms with van der Waals surface area (Å²) in [5, 5.41) is 4.68. The number of aryl methyl sites for hydroxylation is 2. The van der Waals surface area contributed by atoms with Crippen molar-refractivity contribution in [3.63, 3.8) is 0 Å². The van der Waals surface area contributed by atoms with E-state index in [0.717, 1.165) is 31.7 Å². The quantitative estimate of drug-likeness (QED) is 0.830. The lowest BCUT2D eigenvalue weighted by Gasteiger charge is -2.30. The number of anilines is 1. The third kappa shape index (κ3) is 1.95. The largest absolute Gasteiger partial charge is 0.368 e.